The number of rotatable bonds is 3. The highest BCUT2D eigenvalue weighted by molar-refractivity contribution is 7.99. The van der Waals surface area contributed by atoms with E-state index in [0.29, 0.717) is 11.6 Å². The number of nitrogens with zero attached hydrogens (tertiary/aromatic N) is 2. The number of anilines is 1. The highest BCUT2D eigenvalue weighted by atomic mass is 32.2. The van der Waals surface area contributed by atoms with Gasteiger partial charge in [0.25, 0.3) is 0 Å². The minimum Gasteiger partial charge on any atom is -0.308 e. The van der Waals surface area contributed by atoms with Gasteiger partial charge in [-0.25, -0.2) is 15.8 Å². The molecule has 1 aromatic carbocycles. The van der Waals surface area contributed by atoms with Crippen molar-refractivity contribution in [2.75, 3.05) is 5.43 Å². The fourth-order valence-electron chi connectivity index (χ4n) is 1.69. The minimum absolute atomic E-state index is 0.634. The molecule has 0 atom stereocenters. The molecule has 0 unspecified atom stereocenters. The van der Waals surface area contributed by atoms with Gasteiger partial charge in [-0.15, -0.1) is 0 Å². The Labute approximate surface area is 111 Å². The van der Waals surface area contributed by atoms with E-state index in [9.17, 15) is 0 Å². The number of nitrogens with two attached hydrogens (primary N) is 1. The maximum atomic E-state index is 5.38. The molecule has 0 bridgehead atoms. The van der Waals surface area contributed by atoms with Crippen molar-refractivity contribution < 1.29 is 0 Å². The van der Waals surface area contributed by atoms with Crippen molar-refractivity contribution in [3.05, 3.63) is 41.2 Å². The van der Waals surface area contributed by atoms with Crippen LogP contribution in [0.5, 0.6) is 0 Å². The summed E-state index contributed by atoms with van der Waals surface area (Å²) in [6, 6.07) is 8.23. The number of aryl methyl sites for hydroxylation is 3. The van der Waals surface area contributed by atoms with Gasteiger partial charge in [0, 0.05) is 11.0 Å². The summed E-state index contributed by atoms with van der Waals surface area (Å²) in [6.07, 6.45) is 0. The quantitative estimate of drug-likeness (QED) is 0.505. The summed E-state index contributed by atoms with van der Waals surface area (Å²) in [5, 5.41) is 0.891. The van der Waals surface area contributed by atoms with Crippen LogP contribution in [0.15, 0.2) is 34.2 Å². The average Bonchev–Trinajstić information content (AvgIpc) is 2.32. The van der Waals surface area contributed by atoms with E-state index in [4.69, 9.17) is 5.84 Å². The normalized spacial score (nSPS) is 10.4. The Balaban J connectivity index is 2.30. The molecule has 0 saturated heterocycles. The molecule has 0 aliphatic rings. The second-order valence-corrected chi connectivity index (χ2v) is 5.22. The summed E-state index contributed by atoms with van der Waals surface area (Å²) >= 11 is 1.62. The van der Waals surface area contributed by atoms with E-state index < -0.39 is 0 Å². The first kappa shape index (κ1) is 12.9. The fraction of sp³-hybridized carbons (Fsp3) is 0.231. The molecule has 18 heavy (non-hydrogen) atoms. The number of aromatic nitrogens is 2. The standard InChI is InChI=1S/C13H16N4S/c1-8-4-5-11(9(2)6-8)18-13-7-12(17-14)15-10(3)16-13/h4-7H,14H2,1-3H3,(H,15,16,17). The van der Waals surface area contributed by atoms with E-state index in [1.807, 2.05) is 13.0 Å². The molecule has 0 radical (unpaired) electrons. The van der Waals surface area contributed by atoms with Gasteiger partial charge >= 0.3 is 0 Å². The van der Waals surface area contributed by atoms with Crippen LogP contribution in [0.25, 0.3) is 0 Å². The van der Waals surface area contributed by atoms with Crippen molar-refractivity contribution in [1.82, 2.24) is 9.97 Å². The largest absolute Gasteiger partial charge is 0.308 e. The van der Waals surface area contributed by atoms with Crippen LogP contribution < -0.4 is 11.3 Å². The van der Waals surface area contributed by atoms with E-state index in [0.717, 1.165) is 5.03 Å². The molecule has 0 fully saturated rings. The maximum Gasteiger partial charge on any atom is 0.144 e. The number of hydrazine groups is 1. The second kappa shape index (κ2) is 5.37. The zero-order valence-electron chi connectivity index (χ0n) is 10.7. The van der Waals surface area contributed by atoms with E-state index in [1.54, 1.807) is 11.8 Å². The summed E-state index contributed by atoms with van der Waals surface area (Å²) in [6.45, 7) is 6.05. The van der Waals surface area contributed by atoms with Crippen LogP contribution in [0.2, 0.25) is 0 Å². The Morgan fingerprint density at radius 3 is 2.56 bits per heavy atom. The van der Waals surface area contributed by atoms with Crippen LogP contribution in [-0.4, -0.2) is 9.97 Å². The first-order chi connectivity index (χ1) is 8.58. The van der Waals surface area contributed by atoms with E-state index >= 15 is 0 Å². The van der Waals surface area contributed by atoms with Crippen molar-refractivity contribution >= 4 is 17.6 Å². The van der Waals surface area contributed by atoms with Crippen molar-refractivity contribution in [3.63, 3.8) is 0 Å². The highest BCUT2D eigenvalue weighted by Crippen LogP contribution is 2.30. The number of benzene rings is 1. The third kappa shape index (κ3) is 3.00. The molecule has 0 amide bonds. The summed E-state index contributed by atoms with van der Waals surface area (Å²) in [4.78, 5) is 9.76. The van der Waals surface area contributed by atoms with Crippen molar-refractivity contribution in [3.8, 4) is 0 Å². The van der Waals surface area contributed by atoms with E-state index in [2.05, 4.69) is 47.4 Å². The minimum atomic E-state index is 0.634. The maximum absolute atomic E-state index is 5.38. The number of nitrogen functional groups attached to an aromatic ring is 1. The Morgan fingerprint density at radius 1 is 1.11 bits per heavy atom. The first-order valence-electron chi connectivity index (χ1n) is 5.66. The Hall–Kier alpha value is -1.59. The van der Waals surface area contributed by atoms with Gasteiger partial charge in [-0.3, -0.25) is 0 Å². The van der Waals surface area contributed by atoms with Gasteiger partial charge in [-0.1, -0.05) is 29.5 Å². The van der Waals surface area contributed by atoms with Crippen molar-refractivity contribution in [2.24, 2.45) is 5.84 Å². The SMILES string of the molecule is Cc1ccc(Sc2cc(NN)nc(C)n2)c(C)c1. The smallest absolute Gasteiger partial charge is 0.144 e. The predicted molar refractivity (Wildman–Crippen MR) is 74.6 cm³/mol. The lowest BCUT2D eigenvalue weighted by atomic mass is 10.2. The lowest BCUT2D eigenvalue weighted by molar-refractivity contribution is 0.963. The average molecular weight is 260 g/mol. The molecular formula is C13H16N4S. The molecule has 0 aliphatic heterocycles. The molecule has 0 aliphatic carbocycles. The molecule has 0 saturated carbocycles. The van der Waals surface area contributed by atoms with Crippen LogP contribution >= 0.6 is 11.8 Å². The molecule has 2 rings (SSSR count). The molecule has 94 valence electrons. The molecule has 1 aromatic heterocycles. The van der Waals surface area contributed by atoms with Crippen LogP contribution in [0, 0.1) is 20.8 Å². The van der Waals surface area contributed by atoms with Crippen molar-refractivity contribution in [1.29, 1.82) is 0 Å². The summed E-state index contributed by atoms with van der Waals surface area (Å²) in [7, 11) is 0. The lowest BCUT2D eigenvalue weighted by Gasteiger charge is -2.08. The Kier molecular flexibility index (Phi) is 3.84. The molecule has 4 nitrogen and oxygen atoms in total. The molecule has 1 heterocycles. The Morgan fingerprint density at radius 2 is 1.89 bits per heavy atom. The van der Waals surface area contributed by atoms with E-state index in [-0.39, 0.29) is 0 Å². The zero-order chi connectivity index (χ0) is 13.1. The molecule has 0 spiro atoms. The van der Waals surface area contributed by atoms with Gasteiger partial charge in [-0.2, -0.15) is 0 Å². The third-order valence-electron chi connectivity index (χ3n) is 2.51. The van der Waals surface area contributed by atoms with Gasteiger partial charge in [0.1, 0.15) is 16.7 Å². The molecule has 2 aromatic rings. The second-order valence-electron chi connectivity index (χ2n) is 4.15. The van der Waals surface area contributed by atoms with Crippen LogP contribution in [0.3, 0.4) is 0 Å². The van der Waals surface area contributed by atoms with Gasteiger partial charge < -0.3 is 5.43 Å². The highest BCUT2D eigenvalue weighted by Gasteiger charge is 2.05. The van der Waals surface area contributed by atoms with Gasteiger partial charge in [0.15, 0.2) is 0 Å². The topological polar surface area (TPSA) is 63.8 Å². The number of hydrogen-bond acceptors (Lipinski definition) is 5. The fourth-order valence-corrected chi connectivity index (χ4v) is 2.62. The lowest BCUT2D eigenvalue weighted by Crippen LogP contribution is -2.09. The van der Waals surface area contributed by atoms with Crippen molar-refractivity contribution in [2.45, 2.75) is 30.7 Å². The molecule has 5 heteroatoms. The summed E-state index contributed by atoms with van der Waals surface area (Å²) < 4.78 is 0. The molecule has 3 N–H and O–H groups in total. The van der Waals surface area contributed by atoms with Gasteiger partial charge in [-0.05, 0) is 32.4 Å². The molecular weight excluding hydrogens is 244 g/mol. The zero-order valence-corrected chi connectivity index (χ0v) is 11.5. The summed E-state index contributed by atoms with van der Waals surface area (Å²) in [5.41, 5.74) is 5.07. The number of nitrogens with one attached hydrogen (secondary N) is 1. The van der Waals surface area contributed by atoms with Gasteiger partial charge in [0.2, 0.25) is 0 Å². The van der Waals surface area contributed by atoms with E-state index in [1.165, 1.54) is 16.0 Å². The first-order valence-corrected chi connectivity index (χ1v) is 6.47. The predicted octanol–water partition coefficient (Wildman–Crippen LogP) is 2.84. The Bertz CT molecular complexity index is 569. The van der Waals surface area contributed by atoms with Crippen LogP contribution in [0.1, 0.15) is 17.0 Å². The summed E-state index contributed by atoms with van der Waals surface area (Å²) in [5.74, 6) is 6.72. The van der Waals surface area contributed by atoms with Crippen LogP contribution in [0.4, 0.5) is 5.82 Å². The third-order valence-corrected chi connectivity index (χ3v) is 3.60. The number of hydrogen-bond donors (Lipinski definition) is 2. The van der Waals surface area contributed by atoms with Crippen LogP contribution in [-0.2, 0) is 0 Å². The van der Waals surface area contributed by atoms with Gasteiger partial charge in [0.05, 0.1) is 0 Å². The monoisotopic (exact) mass is 260 g/mol.